The van der Waals surface area contributed by atoms with Crippen LogP contribution in [0.1, 0.15) is 17.5 Å². The minimum atomic E-state index is -0.620. The monoisotopic (exact) mass is 666 g/mol. The van der Waals surface area contributed by atoms with E-state index < -0.39 is 11.7 Å². The SMILES string of the molecule is COc1cc2c(Oc3ccc(CC(=O)N/N=C/c4ccc(O)c(Br)c4)cc3F)ccnc2cc1OCCCN1CCOCC1. The van der Waals surface area contributed by atoms with Crippen LogP contribution in [0, 0.1) is 5.82 Å². The van der Waals surface area contributed by atoms with E-state index in [1.807, 2.05) is 0 Å². The molecule has 0 bridgehead atoms. The first-order valence-electron chi connectivity index (χ1n) is 14.1. The van der Waals surface area contributed by atoms with Crippen molar-refractivity contribution in [1.82, 2.24) is 15.3 Å². The van der Waals surface area contributed by atoms with E-state index in [1.165, 1.54) is 24.4 Å². The molecule has 1 amide bonds. The number of methoxy groups -OCH3 is 1. The van der Waals surface area contributed by atoms with Crippen molar-refractivity contribution in [3.8, 4) is 28.7 Å². The summed E-state index contributed by atoms with van der Waals surface area (Å²) < 4.78 is 38.5. The quantitative estimate of drug-likeness (QED) is 0.117. The van der Waals surface area contributed by atoms with E-state index in [9.17, 15) is 9.90 Å². The molecule has 1 aliphatic heterocycles. The normalized spacial score (nSPS) is 13.7. The number of aromatic hydroxyl groups is 1. The lowest BCUT2D eigenvalue weighted by molar-refractivity contribution is -0.120. The number of ether oxygens (including phenoxy) is 4. The van der Waals surface area contributed by atoms with E-state index in [1.54, 1.807) is 49.7 Å². The summed E-state index contributed by atoms with van der Waals surface area (Å²) >= 11 is 3.22. The number of rotatable bonds is 12. The van der Waals surface area contributed by atoms with Gasteiger partial charge in [-0.15, -0.1) is 0 Å². The first-order valence-corrected chi connectivity index (χ1v) is 14.9. The molecule has 2 N–H and O–H groups in total. The van der Waals surface area contributed by atoms with Gasteiger partial charge in [-0.25, -0.2) is 9.82 Å². The zero-order valence-electron chi connectivity index (χ0n) is 24.1. The fourth-order valence-electron chi connectivity index (χ4n) is 4.65. The Morgan fingerprint density at radius 1 is 1.11 bits per heavy atom. The molecule has 1 aromatic heterocycles. The average molecular weight is 668 g/mol. The predicted octanol–water partition coefficient (Wildman–Crippen LogP) is 5.44. The Bertz CT molecular complexity index is 1650. The number of halogens is 2. The molecule has 0 saturated carbocycles. The van der Waals surface area contributed by atoms with Gasteiger partial charge in [0.2, 0.25) is 5.91 Å². The number of amides is 1. The summed E-state index contributed by atoms with van der Waals surface area (Å²) in [4.78, 5) is 19.1. The second-order valence-electron chi connectivity index (χ2n) is 10.0. The molecule has 1 saturated heterocycles. The number of benzene rings is 3. The van der Waals surface area contributed by atoms with Crippen LogP contribution in [0.5, 0.6) is 28.7 Å². The van der Waals surface area contributed by atoms with E-state index >= 15 is 4.39 Å². The summed E-state index contributed by atoms with van der Waals surface area (Å²) in [5.74, 6) is 0.544. The maximum atomic E-state index is 15.1. The fraction of sp³-hybridized carbons (Fsp3) is 0.281. The first kappa shape index (κ1) is 31.2. The van der Waals surface area contributed by atoms with Gasteiger partial charge in [0.25, 0.3) is 0 Å². The zero-order chi connectivity index (χ0) is 30.9. The number of carbonyl (C=O) groups excluding carboxylic acids is 1. The molecule has 0 unspecified atom stereocenters. The van der Waals surface area contributed by atoms with Crippen molar-refractivity contribution < 1.29 is 33.2 Å². The third-order valence-electron chi connectivity index (χ3n) is 6.92. The van der Waals surface area contributed by atoms with Gasteiger partial charge in [-0.2, -0.15) is 5.10 Å². The molecule has 4 aromatic rings. The highest BCUT2D eigenvalue weighted by Crippen LogP contribution is 2.37. The number of phenols is 1. The summed E-state index contributed by atoms with van der Waals surface area (Å²) in [7, 11) is 1.56. The lowest BCUT2D eigenvalue weighted by atomic mass is 10.1. The number of nitrogens with zero attached hydrogens (tertiary/aromatic N) is 3. The zero-order valence-corrected chi connectivity index (χ0v) is 25.7. The Labute approximate surface area is 262 Å². The van der Waals surface area contributed by atoms with Crippen molar-refractivity contribution >= 4 is 39.0 Å². The molecular weight excluding hydrogens is 635 g/mol. The highest BCUT2D eigenvalue weighted by atomic mass is 79.9. The van der Waals surface area contributed by atoms with Gasteiger partial charge in [0.15, 0.2) is 23.1 Å². The van der Waals surface area contributed by atoms with Gasteiger partial charge in [0.05, 0.1) is 49.6 Å². The van der Waals surface area contributed by atoms with Gasteiger partial charge in [-0.05, 0) is 75.9 Å². The molecule has 0 spiro atoms. The summed E-state index contributed by atoms with van der Waals surface area (Å²) in [5.41, 5.74) is 4.15. The molecule has 0 radical (unpaired) electrons. The molecule has 0 aliphatic carbocycles. The maximum Gasteiger partial charge on any atom is 0.244 e. The Morgan fingerprint density at radius 2 is 1.95 bits per heavy atom. The average Bonchev–Trinajstić information content (AvgIpc) is 3.02. The summed E-state index contributed by atoms with van der Waals surface area (Å²) in [6, 6.07) is 14.4. The summed E-state index contributed by atoms with van der Waals surface area (Å²) in [5, 5.41) is 14.1. The smallest absolute Gasteiger partial charge is 0.244 e. The van der Waals surface area contributed by atoms with Crippen molar-refractivity contribution in [1.29, 1.82) is 0 Å². The van der Waals surface area contributed by atoms with Crippen LogP contribution in [0.3, 0.4) is 0 Å². The molecule has 1 fully saturated rings. The number of fused-ring (bicyclic) bond motifs is 1. The first-order chi connectivity index (χ1) is 21.4. The maximum absolute atomic E-state index is 15.1. The van der Waals surface area contributed by atoms with Crippen molar-refractivity contribution in [2.24, 2.45) is 5.10 Å². The highest BCUT2D eigenvalue weighted by molar-refractivity contribution is 9.10. The van der Waals surface area contributed by atoms with E-state index in [0.717, 1.165) is 39.3 Å². The Kier molecular flexibility index (Phi) is 10.6. The van der Waals surface area contributed by atoms with Crippen LogP contribution in [0.2, 0.25) is 0 Å². The number of hydrazone groups is 1. The van der Waals surface area contributed by atoms with Gasteiger partial charge >= 0.3 is 0 Å². The molecule has 0 atom stereocenters. The molecular formula is C32H32BrFN4O6. The predicted molar refractivity (Wildman–Crippen MR) is 167 cm³/mol. The Balaban J connectivity index is 1.20. The third-order valence-corrected chi connectivity index (χ3v) is 7.56. The van der Waals surface area contributed by atoms with Crippen LogP contribution in [0.4, 0.5) is 4.39 Å². The fourth-order valence-corrected chi connectivity index (χ4v) is 5.04. The van der Waals surface area contributed by atoms with Crippen molar-refractivity contribution in [2.75, 3.05) is 46.6 Å². The van der Waals surface area contributed by atoms with Crippen LogP contribution in [0.25, 0.3) is 10.9 Å². The van der Waals surface area contributed by atoms with Crippen LogP contribution < -0.4 is 19.6 Å². The van der Waals surface area contributed by atoms with Gasteiger partial charge in [-0.1, -0.05) is 6.07 Å². The third kappa shape index (κ3) is 8.22. The Morgan fingerprint density at radius 3 is 2.73 bits per heavy atom. The van der Waals surface area contributed by atoms with Gasteiger partial charge in [-0.3, -0.25) is 14.7 Å². The second-order valence-corrected chi connectivity index (χ2v) is 10.9. The summed E-state index contributed by atoms with van der Waals surface area (Å²) in [6.45, 7) is 4.84. The molecule has 12 heteroatoms. The van der Waals surface area contributed by atoms with Crippen LogP contribution in [0.15, 0.2) is 70.4 Å². The molecule has 5 rings (SSSR count). The minimum Gasteiger partial charge on any atom is -0.507 e. The van der Waals surface area contributed by atoms with Crippen molar-refractivity contribution in [3.63, 3.8) is 0 Å². The number of hydrogen-bond donors (Lipinski definition) is 2. The lowest BCUT2D eigenvalue weighted by Crippen LogP contribution is -2.37. The number of hydrogen-bond acceptors (Lipinski definition) is 9. The van der Waals surface area contributed by atoms with Crippen LogP contribution in [-0.2, 0) is 16.0 Å². The lowest BCUT2D eigenvalue weighted by Gasteiger charge is -2.26. The number of pyridine rings is 1. The minimum absolute atomic E-state index is 0.00000720. The van der Waals surface area contributed by atoms with Gasteiger partial charge in [0, 0.05) is 37.3 Å². The van der Waals surface area contributed by atoms with Crippen molar-refractivity contribution in [2.45, 2.75) is 12.8 Å². The molecule has 1 aliphatic rings. The molecule has 3 aromatic carbocycles. The molecule has 230 valence electrons. The number of morpholine rings is 1. The van der Waals surface area contributed by atoms with Gasteiger partial charge < -0.3 is 24.1 Å². The molecule has 10 nitrogen and oxygen atoms in total. The Hall–Kier alpha value is -4.26. The van der Waals surface area contributed by atoms with Crippen LogP contribution in [-0.4, -0.2) is 73.7 Å². The number of nitrogens with one attached hydrogen (secondary N) is 1. The largest absolute Gasteiger partial charge is 0.507 e. The number of aromatic nitrogens is 1. The van der Waals surface area contributed by atoms with Gasteiger partial charge in [0.1, 0.15) is 11.5 Å². The molecule has 44 heavy (non-hydrogen) atoms. The number of phenolic OH excluding ortho intramolecular Hbond substituents is 1. The van der Waals surface area contributed by atoms with E-state index in [4.69, 9.17) is 18.9 Å². The summed E-state index contributed by atoms with van der Waals surface area (Å²) in [6.07, 6.45) is 3.80. The molecule has 2 heterocycles. The van der Waals surface area contributed by atoms with E-state index in [0.29, 0.717) is 50.4 Å². The van der Waals surface area contributed by atoms with Crippen LogP contribution >= 0.6 is 15.9 Å². The van der Waals surface area contributed by atoms with Crippen molar-refractivity contribution in [3.05, 3.63) is 82.2 Å². The van der Waals surface area contributed by atoms with E-state index in [-0.39, 0.29) is 17.9 Å². The topological polar surface area (TPSA) is 115 Å². The van der Waals surface area contributed by atoms with E-state index in [2.05, 4.69) is 36.3 Å². The standard InChI is InChI=1S/C32H32BrFN4O6/c1-41-30-18-23-26(19-31(30)43-12-2-9-38-10-13-42-14-11-38)35-8-7-28(23)44-29-6-4-21(16-25(29)34)17-32(40)37-36-20-22-3-5-27(39)24(33)15-22/h3-8,15-16,18-20,39H,2,9-14,17H2,1H3,(H,37,40)/b36-20+. The second kappa shape index (κ2) is 15.0. The number of carbonyl (C=O) groups is 1. The highest BCUT2D eigenvalue weighted by Gasteiger charge is 2.15.